The molecular formula is C18H17FN2O3S. The van der Waals surface area contributed by atoms with E-state index in [4.69, 9.17) is 4.74 Å². The van der Waals surface area contributed by atoms with Crippen LogP contribution < -0.4 is 5.56 Å². The van der Waals surface area contributed by atoms with Crippen molar-refractivity contribution in [2.75, 3.05) is 0 Å². The van der Waals surface area contributed by atoms with Gasteiger partial charge in [-0.1, -0.05) is 12.1 Å². The molecule has 0 aliphatic carbocycles. The Morgan fingerprint density at radius 2 is 2.00 bits per heavy atom. The van der Waals surface area contributed by atoms with E-state index in [-0.39, 0.29) is 17.8 Å². The maximum atomic E-state index is 12.9. The van der Waals surface area contributed by atoms with Crippen molar-refractivity contribution >= 4 is 27.5 Å². The van der Waals surface area contributed by atoms with Gasteiger partial charge in [-0.2, -0.15) is 0 Å². The second-order valence-electron chi connectivity index (χ2n) is 5.85. The van der Waals surface area contributed by atoms with Gasteiger partial charge in [0.1, 0.15) is 10.6 Å². The summed E-state index contributed by atoms with van der Waals surface area (Å²) in [5, 5.41) is 0.580. The number of carbonyl (C=O) groups is 1. The highest BCUT2D eigenvalue weighted by Crippen LogP contribution is 2.27. The molecule has 5 nitrogen and oxygen atoms in total. The summed E-state index contributed by atoms with van der Waals surface area (Å²) < 4.78 is 18.2. The number of nitrogens with zero attached hydrogens (tertiary/aromatic N) is 1. The molecule has 0 fully saturated rings. The number of ether oxygens (including phenoxy) is 1. The van der Waals surface area contributed by atoms with Crippen LogP contribution in [0.5, 0.6) is 0 Å². The van der Waals surface area contributed by atoms with Crippen LogP contribution in [0, 0.1) is 19.7 Å². The Kier molecular flexibility index (Phi) is 4.67. The maximum Gasteiger partial charge on any atom is 0.310 e. The van der Waals surface area contributed by atoms with Crippen LogP contribution in [0.25, 0.3) is 10.2 Å². The maximum absolute atomic E-state index is 12.9. The summed E-state index contributed by atoms with van der Waals surface area (Å²) in [5.74, 6) is -0.520. The summed E-state index contributed by atoms with van der Waals surface area (Å²) in [5.41, 5.74) is 1.34. The molecule has 7 heteroatoms. The van der Waals surface area contributed by atoms with E-state index in [0.29, 0.717) is 21.6 Å². The molecule has 0 radical (unpaired) electrons. The summed E-state index contributed by atoms with van der Waals surface area (Å²) in [4.78, 5) is 33.1. The van der Waals surface area contributed by atoms with Gasteiger partial charge in [0.15, 0.2) is 11.9 Å². The average molecular weight is 360 g/mol. The Bertz CT molecular complexity index is 992. The van der Waals surface area contributed by atoms with E-state index in [1.54, 1.807) is 6.92 Å². The molecule has 2 aromatic heterocycles. The molecule has 2 heterocycles. The number of hydrogen-bond donors (Lipinski definition) is 1. The monoisotopic (exact) mass is 360 g/mol. The fraction of sp³-hybridized carbons (Fsp3) is 0.278. The number of halogens is 1. The topological polar surface area (TPSA) is 72.0 Å². The first-order valence-electron chi connectivity index (χ1n) is 7.79. The molecule has 130 valence electrons. The molecule has 0 aliphatic heterocycles. The lowest BCUT2D eigenvalue weighted by atomic mass is 10.1. The lowest BCUT2D eigenvalue weighted by Gasteiger charge is -2.12. The first kappa shape index (κ1) is 17.3. The summed E-state index contributed by atoms with van der Waals surface area (Å²) in [6.07, 6.45) is -0.665. The Labute approximate surface area is 147 Å². The molecule has 1 N–H and O–H groups in total. The van der Waals surface area contributed by atoms with Crippen LogP contribution in [-0.4, -0.2) is 15.9 Å². The summed E-state index contributed by atoms with van der Waals surface area (Å²) in [6.45, 7) is 5.48. The van der Waals surface area contributed by atoms with Crippen molar-refractivity contribution in [1.82, 2.24) is 9.97 Å². The quantitative estimate of drug-likeness (QED) is 0.722. The SMILES string of the molecule is Cc1sc2nc([C@H](C)OC(=O)Cc3ccc(F)cc3)[nH]c(=O)c2c1C. The highest BCUT2D eigenvalue weighted by atomic mass is 32.1. The van der Waals surface area contributed by atoms with Crippen molar-refractivity contribution < 1.29 is 13.9 Å². The number of fused-ring (bicyclic) bond motifs is 1. The number of benzene rings is 1. The number of esters is 1. The van der Waals surface area contributed by atoms with Crippen LogP contribution in [0.4, 0.5) is 4.39 Å². The Balaban J connectivity index is 1.77. The molecule has 3 rings (SSSR count). The lowest BCUT2D eigenvalue weighted by molar-refractivity contribution is -0.148. The number of aromatic amines is 1. The van der Waals surface area contributed by atoms with Gasteiger partial charge < -0.3 is 9.72 Å². The molecule has 3 aromatic rings. The lowest BCUT2D eigenvalue weighted by Crippen LogP contribution is -2.18. The minimum atomic E-state index is -0.687. The zero-order valence-electron chi connectivity index (χ0n) is 14.1. The van der Waals surface area contributed by atoms with E-state index in [1.165, 1.54) is 35.6 Å². The number of thiophene rings is 1. The number of carbonyl (C=O) groups excluding carboxylic acids is 1. The second kappa shape index (κ2) is 6.76. The average Bonchev–Trinajstić information content (AvgIpc) is 2.84. The van der Waals surface area contributed by atoms with Gasteiger partial charge in [0.2, 0.25) is 0 Å². The Morgan fingerprint density at radius 1 is 1.32 bits per heavy atom. The molecule has 0 saturated heterocycles. The minimum Gasteiger partial charge on any atom is -0.454 e. The zero-order chi connectivity index (χ0) is 18.1. The van der Waals surface area contributed by atoms with E-state index in [0.717, 1.165) is 10.4 Å². The number of rotatable bonds is 4. The number of hydrogen-bond acceptors (Lipinski definition) is 5. The van der Waals surface area contributed by atoms with Gasteiger partial charge >= 0.3 is 5.97 Å². The standard InChI is InChI=1S/C18H17FN2O3S/c1-9-11(3)25-18-15(9)17(23)20-16(21-18)10(2)24-14(22)8-12-4-6-13(19)7-5-12/h4-7,10H,8H2,1-3H3,(H,20,21,23)/t10-/m0/s1. The first-order chi connectivity index (χ1) is 11.8. The fourth-order valence-electron chi connectivity index (χ4n) is 2.53. The molecule has 0 amide bonds. The fourth-order valence-corrected chi connectivity index (χ4v) is 3.56. The summed E-state index contributed by atoms with van der Waals surface area (Å²) in [7, 11) is 0. The van der Waals surface area contributed by atoms with Crippen molar-refractivity contribution in [1.29, 1.82) is 0 Å². The summed E-state index contributed by atoms with van der Waals surface area (Å²) >= 11 is 1.44. The van der Waals surface area contributed by atoms with Crippen molar-refractivity contribution in [2.24, 2.45) is 0 Å². The van der Waals surface area contributed by atoms with Gasteiger partial charge in [0, 0.05) is 4.88 Å². The number of aryl methyl sites for hydroxylation is 2. The third-order valence-corrected chi connectivity index (χ3v) is 5.11. The third-order valence-electron chi connectivity index (χ3n) is 4.01. The number of aromatic nitrogens is 2. The largest absolute Gasteiger partial charge is 0.454 e. The van der Waals surface area contributed by atoms with Gasteiger partial charge in [0.05, 0.1) is 11.8 Å². The Hall–Kier alpha value is -2.54. The van der Waals surface area contributed by atoms with Crippen molar-refractivity contribution in [3.05, 3.63) is 62.3 Å². The van der Waals surface area contributed by atoms with Crippen LogP contribution in [0.2, 0.25) is 0 Å². The van der Waals surface area contributed by atoms with Crippen molar-refractivity contribution in [3.8, 4) is 0 Å². The van der Waals surface area contributed by atoms with Gasteiger partial charge in [-0.15, -0.1) is 11.3 Å². The molecule has 0 aliphatic rings. The summed E-state index contributed by atoms with van der Waals surface area (Å²) in [6, 6.07) is 5.65. The van der Waals surface area contributed by atoms with Crippen LogP contribution in [0.3, 0.4) is 0 Å². The van der Waals surface area contributed by atoms with Crippen LogP contribution in [0.1, 0.15) is 34.9 Å². The molecule has 0 saturated carbocycles. The van der Waals surface area contributed by atoms with E-state index in [2.05, 4.69) is 9.97 Å². The predicted octanol–water partition coefficient (Wildman–Crippen LogP) is 3.59. The molecular weight excluding hydrogens is 343 g/mol. The molecule has 1 atom stereocenters. The zero-order valence-corrected chi connectivity index (χ0v) is 14.9. The molecule has 1 aromatic carbocycles. The minimum absolute atomic E-state index is 0.0221. The predicted molar refractivity (Wildman–Crippen MR) is 94.3 cm³/mol. The molecule has 25 heavy (non-hydrogen) atoms. The number of H-pyrrole nitrogens is 1. The van der Waals surface area contributed by atoms with Crippen molar-refractivity contribution in [2.45, 2.75) is 33.3 Å². The van der Waals surface area contributed by atoms with Crippen LogP contribution in [-0.2, 0) is 16.0 Å². The molecule has 0 spiro atoms. The molecule has 0 unspecified atom stereocenters. The van der Waals surface area contributed by atoms with E-state index in [1.807, 2.05) is 13.8 Å². The normalized spacial score (nSPS) is 12.3. The van der Waals surface area contributed by atoms with E-state index >= 15 is 0 Å². The van der Waals surface area contributed by atoms with E-state index in [9.17, 15) is 14.0 Å². The smallest absolute Gasteiger partial charge is 0.310 e. The first-order valence-corrected chi connectivity index (χ1v) is 8.60. The van der Waals surface area contributed by atoms with Crippen LogP contribution in [0.15, 0.2) is 29.1 Å². The highest BCUT2D eigenvalue weighted by Gasteiger charge is 2.18. The Morgan fingerprint density at radius 3 is 2.68 bits per heavy atom. The molecule has 0 bridgehead atoms. The van der Waals surface area contributed by atoms with Crippen molar-refractivity contribution in [3.63, 3.8) is 0 Å². The van der Waals surface area contributed by atoms with Gasteiger partial charge in [-0.3, -0.25) is 9.59 Å². The van der Waals surface area contributed by atoms with Gasteiger partial charge in [-0.25, -0.2) is 9.37 Å². The number of nitrogens with one attached hydrogen (secondary N) is 1. The van der Waals surface area contributed by atoms with Gasteiger partial charge in [-0.05, 0) is 44.0 Å². The van der Waals surface area contributed by atoms with E-state index < -0.39 is 12.1 Å². The highest BCUT2D eigenvalue weighted by molar-refractivity contribution is 7.18. The van der Waals surface area contributed by atoms with Gasteiger partial charge in [0.25, 0.3) is 5.56 Å². The second-order valence-corrected chi connectivity index (χ2v) is 7.05. The third kappa shape index (κ3) is 3.61. The van der Waals surface area contributed by atoms with Crippen LogP contribution >= 0.6 is 11.3 Å².